The smallest absolute Gasteiger partial charge is 0.144 e. The van der Waals surface area contributed by atoms with Crippen LogP contribution in [0.2, 0.25) is 0 Å². The first kappa shape index (κ1) is 12.7. The molecule has 20 heavy (non-hydrogen) atoms. The van der Waals surface area contributed by atoms with Crippen LogP contribution in [0.3, 0.4) is 0 Å². The van der Waals surface area contributed by atoms with E-state index in [1.165, 1.54) is 0 Å². The Balaban J connectivity index is 2.00. The molecule has 0 atom stereocenters. The van der Waals surface area contributed by atoms with Gasteiger partial charge in [-0.2, -0.15) is 0 Å². The molecular weight excluding hydrogens is 270 g/mol. The monoisotopic (exact) mass is 283 g/mol. The third kappa shape index (κ3) is 2.40. The molecule has 0 N–H and O–H groups in total. The quantitative estimate of drug-likeness (QED) is 0.737. The van der Waals surface area contributed by atoms with E-state index in [0.29, 0.717) is 0 Å². The number of ether oxygens (including phenoxy) is 1. The Morgan fingerprint density at radius 2 is 1.90 bits per heavy atom. The summed E-state index contributed by atoms with van der Waals surface area (Å²) in [6, 6.07) is 7.91. The Labute approximate surface area is 121 Å². The van der Waals surface area contributed by atoms with E-state index in [-0.39, 0.29) is 0 Å². The van der Waals surface area contributed by atoms with Gasteiger partial charge in [0.25, 0.3) is 0 Å². The van der Waals surface area contributed by atoms with E-state index in [0.717, 1.165) is 32.6 Å². The lowest BCUT2D eigenvalue weighted by molar-refractivity contribution is 0.415. The molecule has 5 heteroatoms. The topological polar surface area (TPSA) is 47.9 Å². The highest BCUT2D eigenvalue weighted by Crippen LogP contribution is 2.32. The van der Waals surface area contributed by atoms with E-state index in [1.807, 2.05) is 24.3 Å². The first-order chi connectivity index (χ1) is 9.78. The summed E-state index contributed by atoms with van der Waals surface area (Å²) >= 11 is 1.63. The van der Waals surface area contributed by atoms with Gasteiger partial charge in [0.1, 0.15) is 16.5 Å². The van der Waals surface area contributed by atoms with Crippen LogP contribution in [0.5, 0.6) is 5.75 Å². The van der Waals surface area contributed by atoms with Crippen molar-refractivity contribution < 1.29 is 4.74 Å². The van der Waals surface area contributed by atoms with Crippen molar-refractivity contribution in [1.82, 2.24) is 15.0 Å². The molecular formula is C15H13N3OS. The van der Waals surface area contributed by atoms with Crippen LogP contribution >= 0.6 is 11.3 Å². The molecule has 0 spiro atoms. The number of aryl methyl sites for hydroxylation is 1. The Bertz CT molecular complexity index is 708. The van der Waals surface area contributed by atoms with Gasteiger partial charge in [-0.1, -0.05) is 0 Å². The van der Waals surface area contributed by atoms with Crippen LogP contribution in [-0.4, -0.2) is 22.1 Å². The maximum Gasteiger partial charge on any atom is 0.144 e. The maximum absolute atomic E-state index is 5.17. The van der Waals surface area contributed by atoms with E-state index in [1.54, 1.807) is 37.0 Å². The number of rotatable bonds is 3. The Hall–Kier alpha value is -2.27. The van der Waals surface area contributed by atoms with Crippen LogP contribution in [0.15, 0.2) is 42.9 Å². The van der Waals surface area contributed by atoms with Crippen LogP contribution < -0.4 is 4.74 Å². The second kappa shape index (κ2) is 5.38. The van der Waals surface area contributed by atoms with Crippen molar-refractivity contribution >= 4 is 11.3 Å². The van der Waals surface area contributed by atoms with Gasteiger partial charge >= 0.3 is 0 Å². The molecule has 0 fully saturated rings. The fourth-order valence-corrected chi connectivity index (χ4v) is 2.83. The molecule has 0 unspecified atom stereocenters. The average molecular weight is 283 g/mol. The van der Waals surface area contributed by atoms with Gasteiger partial charge in [0.05, 0.1) is 19.0 Å². The molecule has 2 aromatic heterocycles. The zero-order valence-electron chi connectivity index (χ0n) is 11.2. The molecule has 0 bridgehead atoms. The highest BCUT2D eigenvalue weighted by molar-refractivity contribution is 7.15. The third-order valence-electron chi connectivity index (χ3n) is 2.94. The summed E-state index contributed by atoms with van der Waals surface area (Å²) in [6.45, 7) is 2.07. The number of benzene rings is 1. The van der Waals surface area contributed by atoms with Crippen molar-refractivity contribution in [2.24, 2.45) is 0 Å². The second-order valence-corrected chi connectivity index (χ2v) is 5.45. The highest BCUT2D eigenvalue weighted by atomic mass is 32.1. The molecule has 0 aliphatic heterocycles. The molecule has 3 aromatic rings. The van der Waals surface area contributed by atoms with E-state index >= 15 is 0 Å². The second-order valence-electron chi connectivity index (χ2n) is 4.24. The van der Waals surface area contributed by atoms with Crippen LogP contribution in [0, 0.1) is 6.92 Å². The minimum Gasteiger partial charge on any atom is -0.497 e. The zero-order chi connectivity index (χ0) is 13.9. The van der Waals surface area contributed by atoms with Crippen molar-refractivity contribution in [2.75, 3.05) is 7.11 Å². The predicted octanol–water partition coefficient (Wildman–Crippen LogP) is 3.58. The summed E-state index contributed by atoms with van der Waals surface area (Å²) in [7, 11) is 1.66. The molecule has 100 valence electrons. The molecule has 2 heterocycles. The van der Waals surface area contributed by atoms with Gasteiger partial charge in [-0.25, -0.2) is 4.98 Å². The first-order valence-corrected chi connectivity index (χ1v) is 6.98. The fraction of sp³-hybridized carbons (Fsp3) is 0.133. The minimum atomic E-state index is 0.806. The molecule has 0 radical (unpaired) electrons. The normalized spacial score (nSPS) is 10.5. The summed E-state index contributed by atoms with van der Waals surface area (Å²) in [5, 5.41) is 0.890. The van der Waals surface area contributed by atoms with E-state index in [2.05, 4.69) is 21.9 Å². The average Bonchev–Trinajstić information content (AvgIpc) is 2.90. The molecule has 1 aromatic carbocycles. The SMILES string of the molecule is COc1ccc(-c2nc(-c3cnccn3)sc2C)cc1. The molecule has 0 saturated heterocycles. The molecule has 0 aliphatic carbocycles. The number of hydrogen-bond acceptors (Lipinski definition) is 5. The molecule has 0 aliphatic rings. The Morgan fingerprint density at radius 3 is 2.55 bits per heavy atom. The zero-order valence-corrected chi connectivity index (χ0v) is 12.0. The van der Waals surface area contributed by atoms with Gasteiger partial charge in [-0.3, -0.25) is 9.97 Å². The minimum absolute atomic E-state index is 0.806. The lowest BCUT2D eigenvalue weighted by Crippen LogP contribution is -1.85. The molecule has 0 amide bonds. The fourth-order valence-electron chi connectivity index (χ4n) is 1.93. The van der Waals surface area contributed by atoms with Crippen LogP contribution in [-0.2, 0) is 0 Å². The molecule has 3 rings (SSSR count). The van der Waals surface area contributed by atoms with Crippen LogP contribution in [0.25, 0.3) is 22.0 Å². The lowest BCUT2D eigenvalue weighted by atomic mass is 10.1. The third-order valence-corrected chi connectivity index (χ3v) is 3.94. The summed E-state index contributed by atoms with van der Waals surface area (Å²) in [4.78, 5) is 14.2. The van der Waals surface area contributed by atoms with Gasteiger partial charge in [-0.15, -0.1) is 11.3 Å². The van der Waals surface area contributed by atoms with Crippen LogP contribution in [0.1, 0.15) is 4.88 Å². The summed E-state index contributed by atoms with van der Waals surface area (Å²) in [5.74, 6) is 0.843. The van der Waals surface area contributed by atoms with Crippen molar-refractivity contribution in [3.63, 3.8) is 0 Å². The van der Waals surface area contributed by atoms with E-state index in [9.17, 15) is 0 Å². The van der Waals surface area contributed by atoms with Crippen molar-refractivity contribution in [1.29, 1.82) is 0 Å². The van der Waals surface area contributed by atoms with Gasteiger partial charge in [-0.05, 0) is 31.2 Å². The summed E-state index contributed by atoms with van der Waals surface area (Å²) in [6.07, 6.45) is 5.07. The predicted molar refractivity (Wildman–Crippen MR) is 79.9 cm³/mol. The molecule has 4 nitrogen and oxygen atoms in total. The van der Waals surface area contributed by atoms with E-state index in [4.69, 9.17) is 4.74 Å². The standard InChI is InChI=1S/C15H13N3OS/c1-10-14(11-3-5-12(19-2)6-4-11)18-15(20-10)13-9-16-7-8-17-13/h3-9H,1-2H3. The number of thiazole rings is 1. The Kier molecular flexibility index (Phi) is 3.43. The Morgan fingerprint density at radius 1 is 1.10 bits per heavy atom. The van der Waals surface area contributed by atoms with E-state index < -0.39 is 0 Å². The van der Waals surface area contributed by atoms with Gasteiger partial charge in [0, 0.05) is 22.8 Å². The highest BCUT2D eigenvalue weighted by Gasteiger charge is 2.12. The van der Waals surface area contributed by atoms with Gasteiger partial charge in [0.2, 0.25) is 0 Å². The van der Waals surface area contributed by atoms with Crippen molar-refractivity contribution in [3.8, 4) is 27.7 Å². The lowest BCUT2D eigenvalue weighted by Gasteiger charge is -2.01. The van der Waals surface area contributed by atoms with Crippen molar-refractivity contribution in [2.45, 2.75) is 6.92 Å². The maximum atomic E-state index is 5.17. The van der Waals surface area contributed by atoms with Gasteiger partial charge < -0.3 is 4.74 Å². The number of nitrogens with zero attached hydrogens (tertiary/aromatic N) is 3. The number of aromatic nitrogens is 3. The molecule has 0 saturated carbocycles. The van der Waals surface area contributed by atoms with Crippen LogP contribution in [0.4, 0.5) is 0 Å². The number of hydrogen-bond donors (Lipinski definition) is 0. The largest absolute Gasteiger partial charge is 0.497 e. The van der Waals surface area contributed by atoms with Crippen molar-refractivity contribution in [3.05, 3.63) is 47.7 Å². The summed E-state index contributed by atoms with van der Waals surface area (Å²) < 4.78 is 5.17. The number of methoxy groups -OCH3 is 1. The summed E-state index contributed by atoms with van der Waals surface area (Å²) in [5.41, 5.74) is 2.87. The first-order valence-electron chi connectivity index (χ1n) is 6.16. The van der Waals surface area contributed by atoms with Gasteiger partial charge in [0.15, 0.2) is 0 Å².